The maximum Gasteiger partial charge on any atom is 0.253 e. The molecule has 29 heavy (non-hydrogen) atoms. The Balaban J connectivity index is 1.37. The fourth-order valence-corrected chi connectivity index (χ4v) is 3.32. The zero-order chi connectivity index (χ0) is 20.1. The van der Waals surface area contributed by atoms with Crippen molar-refractivity contribution in [1.29, 1.82) is 0 Å². The van der Waals surface area contributed by atoms with Crippen molar-refractivity contribution in [3.8, 4) is 11.6 Å². The number of anilines is 1. The molecule has 1 saturated heterocycles. The van der Waals surface area contributed by atoms with Gasteiger partial charge in [0.2, 0.25) is 11.8 Å². The first-order chi connectivity index (χ1) is 14.2. The highest BCUT2D eigenvalue weighted by Crippen LogP contribution is 2.23. The molecule has 2 aromatic heterocycles. The van der Waals surface area contributed by atoms with Crippen LogP contribution in [0.15, 0.2) is 60.9 Å². The zero-order valence-electron chi connectivity index (χ0n) is 16.3. The Labute approximate surface area is 169 Å². The van der Waals surface area contributed by atoms with Crippen molar-refractivity contribution in [1.82, 2.24) is 20.3 Å². The van der Waals surface area contributed by atoms with Gasteiger partial charge in [-0.1, -0.05) is 18.2 Å². The van der Waals surface area contributed by atoms with Crippen LogP contribution < -0.4 is 15.0 Å². The third kappa shape index (κ3) is 4.87. The number of carbonyl (C=O) groups is 1. The molecule has 0 radical (unpaired) electrons. The minimum absolute atomic E-state index is 0.0816. The Morgan fingerprint density at radius 2 is 1.90 bits per heavy atom. The van der Waals surface area contributed by atoms with E-state index in [1.807, 2.05) is 43.3 Å². The first-order valence-corrected chi connectivity index (χ1v) is 9.72. The normalized spacial score (nSPS) is 14.4. The summed E-state index contributed by atoms with van der Waals surface area (Å²) in [6.45, 7) is 3.47. The summed E-state index contributed by atoms with van der Waals surface area (Å²) in [5.74, 6) is 1.86. The Morgan fingerprint density at radius 3 is 2.62 bits per heavy atom. The highest BCUT2D eigenvalue weighted by Gasteiger charge is 2.23. The average Bonchev–Trinajstić information content (AvgIpc) is 2.75. The molecule has 3 aromatic rings. The van der Waals surface area contributed by atoms with Crippen molar-refractivity contribution in [2.24, 2.45) is 0 Å². The molecule has 1 aliphatic rings. The van der Waals surface area contributed by atoms with E-state index >= 15 is 0 Å². The van der Waals surface area contributed by atoms with Crippen LogP contribution in [0.4, 0.5) is 5.95 Å². The molecule has 0 aliphatic carbocycles. The van der Waals surface area contributed by atoms with Gasteiger partial charge in [0, 0.05) is 43.3 Å². The number of hydrogen-bond donors (Lipinski definition) is 1. The lowest BCUT2D eigenvalue weighted by atomic mass is 10.0. The minimum atomic E-state index is -0.0816. The number of para-hydroxylation sites is 1. The summed E-state index contributed by atoms with van der Waals surface area (Å²) >= 11 is 0. The lowest BCUT2D eigenvalue weighted by Crippen LogP contribution is -2.45. The van der Waals surface area contributed by atoms with E-state index in [-0.39, 0.29) is 11.9 Å². The largest absolute Gasteiger partial charge is 0.439 e. The summed E-state index contributed by atoms with van der Waals surface area (Å²) in [4.78, 5) is 27.6. The van der Waals surface area contributed by atoms with Crippen molar-refractivity contribution in [2.45, 2.75) is 25.8 Å². The molecule has 7 nitrogen and oxygen atoms in total. The highest BCUT2D eigenvalue weighted by molar-refractivity contribution is 5.94. The van der Waals surface area contributed by atoms with Gasteiger partial charge in [0.1, 0.15) is 5.75 Å². The number of ether oxygens (including phenoxy) is 1. The SMILES string of the molecule is Cc1cc(Oc2ccccc2)nc(N2CCC(NC(=O)c3cccnc3)CC2)n1. The fraction of sp³-hybridized carbons (Fsp3) is 0.273. The molecule has 1 aromatic carbocycles. The lowest BCUT2D eigenvalue weighted by molar-refractivity contribution is 0.0930. The van der Waals surface area contributed by atoms with E-state index < -0.39 is 0 Å². The first-order valence-electron chi connectivity index (χ1n) is 9.72. The van der Waals surface area contributed by atoms with E-state index in [2.05, 4.69) is 25.2 Å². The van der Waals surface area contributed by atoms with Crippen molar-refractivity contribution >= 4 is 11.9 Å². The number of nitrogens with zero attached hydrogens (tertiary/aromatic N) is 4. The van der Waals surface area contributed by atoms with Crippen LogP contribution in [0.3, 0.4) is 0 Å². The number of benzene rings is 1. The number of rotatable bonds is 5. The Bertz CT molecular complexity index is 957. The summed E-state index contributed by atoms with van der Waals surface area (Å²) < 4.78 is 5.87. The van der Waals surface area contributed by atoms with E-state index in [0.29, 0.717) is 17.4 Å². The van der Waals surface area contributed by atoms with E-state index in [1.165, 1.54) is 0 Å². The van der Waals surface area contributed by atoms with Crippen LogP contribution in [0.1, 0.15) is 28.9 Å². The van der Waals surface area contributed by atoms with Crippen LogP contribution in [0, 0.1) is 6.92 Å². The van der Waals surface area contributed by atoms with Gasteiger partial charge in [-0.3, -0.25) is 9.78 Å². The van der Waals surface area contributed by atoms with Gasteiger partial charge in [0.05, 0.1) is 5.56 Å². The van der Waals surface area contributed by atoms with Gasteiger partial charge in [0.15, 0.2) is 0 Å². The number of nitrogens with one attached hydrogen (secondary N) is 1. The van der Waals surface area contributed by atoms with E-state index in [4.69, 9.17) is 4.74 Å². The fourth-order valence-electron chi connectivity index (χ4n) is 3.32. The monoisotopic (exact) mass is 389 g/mol. The molecule has 0 unspecified atom stereocenters. The van der Waals surface area contributed by atoms with Gasteiger partial charge < -0.3 is 15.0 Å². The van der Waals surface area contributed by atoms with Crippen molar-refractivity contribution in [3.05, 3.63) is 72.2 Å². The Morgan fingerprint density at radius 1 is 1.10 bits per heavy atom. The minimum Gasteiger partial charge on any atom is -0.439 e. The number of aromatic nitrogens is 3. The molecule has 3 heterocycles. The number of hydrogen-bond acceptors (Lipinski definition) is 6. The number of carbonyl (C=O) groups excluding carboxylic acids is 1. The van der Waals surface area contributed by atoms with Gasteiger partial charge >= 0.3 is 0 Å². The summed E-state index contributed by atoms with van der Waals surface area (Å²) in [5.41, 5.74) is 1.44. The molecule has 4 rings (SSSR count). The number of amides is 1. The maximum atomic E-state index is 12.3. The first kappa shape index (κ1) is 18.9. The number of pyridine rings is 1. The quantitative estimate of drug-likeness (QED) is 0.721. The van der Waals surface area contributed by atoms with E-state index in [9.17, 15) is 4.79 Å². The predicted octanol–water partition coefficient (Wildman–Crippen LogP) is 3.37. The van der Waals surface area contributed by atoms with Crippen LogP contribution in [0.2, 0.25) is 0 Å². The molecule has 1 N–H and O–H groups in total. The van der Waals surface area contributed by atoms with Crippen molar-refractivity contribution in [2.75, 3.05) is 18.0 Å². The summed E-state index contributed by atoms with van der Waals surface area (Å²) in [7, 11) is 0. The average molecular weight is 389 g/mol. The molecular formula is C22H23N5O2. The molecule has 0 bridgehead atoms. The molecule has 0 saturated carbocycles. The van der Waals surface area contributed by atoms with E-state index in [0.717, 1.165) is 37.4 Å². The van der Waals surface area contributed by atoms with Gasteiger partial charge in [-0.05, 0) is 44.0 Å². The second kappa shape index (κ2) is 8.68. The van der Waals surface area contributed by atoms with E-state index in [1.54, 1.807) is 24.5 Å². The standard InChI is InChI=1S/C22H23N5O2/c1-16-14-20(29-19-7-3-2-4-8-19)26-22(24-16)27-12-9-18(10-13-27)25-21(28)17-6-5-11-23-15-17/h2-8,11,14-15,18H,9-10,12-13H2,1H3,(H,25,28). The van der Waals surface area contributed by atoms with Crippen LogP contribution in [0.5, 0.6) is 11.6 Å². The molecule has 148 valence electrons. The van der Waals surface area contributed by atoms with Crippen LogP contribution in [0.25, 0.3) is 0 Å². The topological polar surface area (TPSA) is 80.2 Å². The second-order valence-electron chi connectivity index (χ2n) is 7.04. The zero-order valence-corrected chi connectivity index (χ0v) is 16.3. The predicted molar refractivity (Wildman–Crippen MR) is 110 cm³/mol. The summed E-state index contributed by atoms with van der Waals surface area (Å²) in [6, 6.07) is 15.1. The molecular weight excluding hydrogens is 366 g/mol. The third-order valence-electron chi connectivity index (χ3n) is 4.82. The molecule has 7 heteroatoms. The van der Waals surface area contributed by atoms with Crippen molar-refractivity contribution < 1.29 is 9.53 Å². The Hall–Kier alpha value is -3.48. The lowest BCUT2D eigenvalue weighted by Gasteiger charge is -2.32. The van der Waals surface area contributed by atoms with Gasteiger partial charge in [-0.15, -0.1) is 0 Å². The molecule has 1 amide bonds. The molecule has 0 spiro atoms. The second-order valence-corrected chi connectivity index (χ2v) is 7.04. The molecule has 0 atom stereocenters. The molecule has 1 aliphatic heterocycles. The molecule has 1 fully saturated rings. The van der Waals surface area contributed by atoms with Gasteiger partial charge in [0.25, 0.3) is 5.91 Å². The smallest absolute Gasteiger partial charge is 0.253 e. The number of aryl methyl sites for hydroxylation is 1. The van der Waals surface area contributed by atoms with Crippen LogP contribution >= 0.6 is 0 Å². The highest BCUT2D eigenvalue weighted by atomic mass is 16.5. The van der Waals surface area contributed by atoms with Crippen LogP contribution in [-0.4, -0.2) is 40.0 Å². The summed E-state index contributed by atoms with van der Waals surface area (Å²) in [6.07, 6.45) is 4.91. The van der Waals surface area contributed by atoms with Gasteiger partial charge in [-0.2, -0.15) is 4.98 Å². The van der Waals surface area contributed by atoms with Gasteiger partial charge in [-0.25, -0.2) is 4.98 Å². The van der Waals surface area contributed by atoms with Crippen LogP contribution in [-0.2, 0) is 0 Å². The third-order valence-corrected chi connectivity index (χ3v) is 4.82. The maximum absolute atomic E-state index is 12.3. The van der Waals surface area contributed by atoms with Crippen molar-refractivity contribution in [3.63, 3.8) is 0 Å². The Kier molecular flexibility index (Phi) is 5.65. The summed E-state index contributed by atoms with van der Waals surface area (Å²) in [5, 5.41) is 3.09. The number of piperidine rings is 1.